The Morgan fingerprint density at radius 2 is 2.22 bits per heavy atom. The number of carboxylic acids is 1. The predicted octanol–water partition coefficient (Wildman–Crippen LogP) is 1.63. The van der Waals surface area contributed by atoms with Crippen molar-refractivity contribution in [1.82, 2.24) is 9.55 Å². The van der Waals surface area contributed by atoms with Crippen molar-refractivity contribution in [3.8, 4) is 0 Å². The van der Waals surface area contributed by atoms with Crippen LogP contribution < -0.4 is 4.90 Å². The van der Waals surface area contributed by atoms with Crippen molar-refractivity contribution in [1.29, 1.82) is 0 Å². The molecule has 1 saturated heterocycles. The average Bonchev–Trinajstić information content (AvgIpc) is 2.94. The molecule has 0 bridgehead atoms. The number of para-hydroxylation sites is 2. The van der Waals surface area contributed by atoms with Crippen LogP contribution in [0.4, 0.5) is 5.95 Å². The van der Waals surface area contributed by atoms with Crippen LogP contribution in [0, 0.1) is 0 Å². The molecule has 5 nitrogen and oxygen atoms in total. The maximum Gasteiger partial charge on any atom is 0.326 e. The van der Waals surface area contributed by atoms with E-state index in [-0.39, 0.29) is 0 Å². The lowest BCUT2D eigenvalue weighted by molar-refractivity contribution is -0.138. The number of imidazole rings is 1. The minimum atomic E-state index is -0.764. The number of hydrogen-bond acceptors (Lipinski definition) is 3. The minimum absolute atomic E-state index is 0.444. The third-order valence-electron chi connectivity index (χ3n) is 3.56. The monoisotopic (exact) mass is 245 g/mol. The lowest BCUT2D eigenvalue weighted by Crippen LogP contribution is -2.37. The van der Waals surface area contributed by atoms with Gasteiger partial charge in [0.1, 0.15) is 6.04 Å². The van der Waals surface area contributed by atoms with Gasteiger partial charge in [-0.1, -0.05) is 12.1 Å². The molecule has 1 N–H and O–H groups in total. The van der Waals surface area contributed by atoms with Gasteiger partial charge in [-0.05, 0) is 25.0 Å². The van der Waals surface area contributed by atoms with E-state index in [2.05, 4.69) is 4.98 Å². The van der Waals surface area contributed by atoms with E-state index in [1.165, 1.54) is 0 Å². The molecule has 1 aliphatic rings. The first-order chi connectivity index (χ1) is 8.68. The van der Waals surface area contributed by atoms with Crippen LogP contribution >= 0.6 is 0 Å². The second-order valence-electron chi connectivity index (χ2n) is 4.65. The van der Waals surface area contributed by atoms with Crippen LogP contribution in [0.15, 0.2) is 24.3 Å². The van der Waals surface area contributed by atoms with Gasteiger partial charge in [-0.15, -0.1) is 0 Å². The summed E-state index contributed by atoms with van der Waals surface area (Å²) in [5.74, 6) is -0.0133. The van der Waals surface area contributed by atoms with E-state index < -0.39 is 12.0 Å². The van der Waals surface area contributed by atoms with Crippen LogP contribution in [-0.4, -0.2) is 33.2 Å². The molecule has 18 heavy (non-hydrogen) atoms. The summed E-state index contributed by atoms with van der Waals surface area (Å²) in [5.41, 5.74) is 1.94. The van der Waals surface area contributed by atoms with E-state index in [1.54, 1.807) is 0 Å². The van der Waals surface area contributed by atoms with Gasteiger partial charge in [0, 0.05) is 13.6 Å². The molecule has 0 unspecified atom stereocenters. The van der Waals surface area contributed by atoms with E-state index in [9.17, 15) is 9.90 Å². The zero-order valence-electron chi connectivity index (χ0n) is 10.2. The molecule has 1 fully saturated rings. The van der Waals surface area contributed by atoms with Gasteiger partial charge in [-0.2, -0.15) is 0 Å². The normalized spacial score (nSPS) is 19.6. The summed E-state index contributed by atoms with van der Waals surface area (Å²) in [4.78, 5) is 17.7. The summed E-state index contributed by atoms with van der Waals surface area (Å²) in [7, 11) is 1.93. The highest BCUT2D eigenvalue weighted by Crippen LogP contribution is 2.27. The maximum atomic E-state index is 11.2. The van der Waals surface area contributed by atoms with E-state index >= 15 is 0 Å². The molecule has 2 aromatic rings. The number of rotatable bonds is 2. The Kier molecular flexibility index (Phi) is 2.47. The van der Waals surface area contributed by atoms with Crippen molar-refractivity contribution in [3.05, 3.63) is 24.3 Å². The number of anilines is 1. The van der Waals surface area contributed by atoms with Gasteiger partial charge in [0.15, 0.2) is 0 Å². The zero-order chi connectivity index (χ0) is 12.7. The summed E-state index contributed by atoms with van der Waals surface area (Å²) in [6, 6.07) is 7.41. The summed E-state index contributed by atoms with van der Waals surface area (Å²) in [6.07, 6.45) is 1.60. The largest absolute Gasteiger partial charge is 0.480 e. The highest BCUT2D eigenvalue weighted by Gasteiger charge is 2.33. The van der Waals surface area contributed by atoms with E-state index in [1.807, 2.05) is 40.8 Å². The van der Waals surface area contributed by atoms with Gasteiger partial charge in [-0.3, -0.25) is 0 Å². The lowest BCUT2D eigenvalue weighted by atomic mass is 10.2. The van der Waals surface area contributed by atoms with Crippen molar-refractivity contribution in [3.63, 3.8) is 0 Å². The molecule has 0 amide bonds. The Bertz CT molecular complexity index is 605. The zero-order valence-corrected chi connectivity index (χ0v) is 10.2. The first-order valence-electron chi connectivity index (χ1n) is 6.09. The van der Waals surface area contributed by atoms with Crippen LogP contribution in [0.2, 0.25) is 0 Å². The molecule has 1 aliphatic heterocycles. The molecule has 0 spiro atoms. The van der Waals surface area contributed by atoms with Crippen molar-refractivity contribution in [2.24, 2.45) is 7.05 Å². The number of aryl methyl sites for hydroxylation is 1. The highest BCUT2D eigenvalue weighted by molar-refractivity contribution is 5.82. The summed E-state index contributed by atoms with van der Waals surface area (Å²) in [6.45, 7) is 0.758. The molecule has 1 atom stereocenters. The van der Waals surface area contributed by atoms with Crippen molar-refractivity contribution < 1.29 is 9.90 Å². The fraction of sp³-hybridized carbons (Fsp3) is 0.385. The van der Waals surface area contributed by atoms with Gasteiger partial charge >= 0.3 is 5.97 Å². The molecule has 5 heteroatoms. The molecule has 0 saturated carbocycles. The number of fused-ring (bicyclic) bond motifs is 1. The van der Waals surface area contributed by atoms with Crippen LogP contribution in [0.3, 0.4) is 0 Å². The summed E-state index contributed by atoms with van der Waals surface area (Å²) in [5, 5.41) is 9.23. The number of aromatic nitrogens is 2. The maximum absolute atomic E-state index is 11.2. The van der Waals surface area contributed by atoms with Crippen LogP contribution in [0.1, 0.15) is 12.8 Å². The fourth-order valence-electron chi connectivity index (χ4n) is 2.65. The quantitative estimate of drug-likeness (QED) is 0.873. The molecular weight excluding hydrogens is 230 g/mol. The Balaban J connectivity index is 2.09. The number of benzene rings is 1. The number of carbonyl (C=O) groups is 1. The first-order valence-corrected chi connectivity index (χ1v) is 6.09. The summed E-state index contributed by atoms with van der Waals surface area (Å²) >= 11 is 0. The van der Waals surface area contributed by atoms with E-state index in [4.69, 9.17) is 0 Å². The van der Waals surface area contributed by atoms with Crippen molar-refractivity contribution >= 4 is 23.0 Å². The Hall–Kier alpha value is -2.04. The number of hydrogen-bond donors (Lipinski definition) is 1. The number of aliphatic carboxylic acids is 1. The van der Waals surface area contributed by atoms with Gasteiger partial charge in [-0.25, -0.2) is 9.78 Å². The van der Waals surface area contributed by atoms with E-state index in [0.29, 0.717) is 6.42 Å². The second-order valence-corrected chi connectivity index (χ2v) is 4.65. The highest BCUT2D eigenvalue weighted by atomic mass is 16.4. The van der Waals surface area contributed by atoms with Crippen LogP contribution in [-0.2, 0) is 11.8 Å². The second kappa shape index (κ2) is 4.01. The smallest absolute Gasteiger partial charge is 0.326 e. The predicted molar refractivity (Wildman–Crippen MR) is 68.7 cm³/mol. The third kappa shape index (κ3) is 1.54. The molecule has 2 heterocycles. The Labute approximate surface area is 105 Å². The molecule has 3 rings (SSSR count). The summed E-state index contributed by atoms with van der Waals surface area (Å²) < 4.78 is 1.97. The topological polar surface area (TPSA) is 58.4 Å². The third-order valence-corrected chi connectivity index (χ3v) is 3.56. The van der Waals surface area contributed by atoms with Crippen molar-refractivity contribution in [2.75, 3.05) is 11.4 Å². The SMILES string of the molecule is Cn1c(N2CCC[C@H]2C(=O)O)nc2ccccc21. The van der Waals surface area contributed by atoms with Crippen LogP contribution in [0.25, 0.3) is 11.0 Å². The molecule has 0 radical (unpaired) electrons. The average molecular weight is 245 g/mol. The Morgan fingerprint density at radius 3 is 2.94 bits per heavy atom. The van der Waals surface area contributed by atoms with E-state index in [0.717, 1.165) is 29.9 Å². The standard InChI is InChI=1S/C13H15N3O2/c1-15-10-6-3-2-5-9(10)14-13(15)16-8-4-7-11(16)12(17)18/h2-3,5-6,11H,4,7-8H2,1H3,(H,17,18)/t11-/m0/s1. The molecule has 0 aliphatic carbocycles. The van der Waals surface area contributed by atoms with Gasteiger partial charge in [0.25, 0.3) is 0 Å². The lowest BCUT2D eigenvalue weighted by Gasteiger charge is -2.22. The molecule has 1 aromatic carbocycles. The minimum Gasteiger partial charge on any atom is -0.480 e. The Morgan fingerprint density at radius 1 is 1.44 bits per heavy atom. The van der Waals surface area contributed by atoms with Gasteiger partial charge in [0.05, 0.1) is 11.0 Å². The van der Waals surface area contributed by atoms with Crippen LogP contribution in [0.5, 0.6) is 0 Å². The fourth-order valence-corrected chi connectivity index (χ4v) is 2.65. The van der Waals surface area contributed by atoms with Gasteiger partial charge < -0.3 is 14.6 Å². The first kappa shape index (κ1) is 11.1. The van der Waals surface area contributed by atoms with Crippen molar-refractivity contribution in [2.45, 2.75) is 18.9 Å². The molecular formula is C13H15N3O2. The van der Waals surface area contributed by atoms with Gasteiger partial charge in [0.2, 0.25) is 5.95 Å². The number of nitrogens with zero attached hydrogens (tertiary/aromatic N) is 3. The molecule has 1 aromatic heterocycles. The number of carboxylic acid groups (broad SMARTS) is 1. The molecule has 94 valence electrons.